The number of thiazole rings is 1. The molecule has 0 fully saturated rings. The number of esters is 1. The Morgan fingerprint density at radius 2 is 1.79 bits per heavy atom. The van der Waals surface area contributed by atoms with Crippen molar-refractivity contribution in [3.8, 4) is 5.75 Å². The largest absolute Gasteiger partial charge is 0.494 e. The highest BCUT2D eigenvalue weighted by Crippen LogP contribution is 2.35. The molecule has 0 radical (unpaired) electrons. The number of fused-ring (bicyclic) bond motifs is 1. The lowest BCUT2D eigenvalue weighted by Gasteiger charge is -2.26. The van der Waals surface area contributed by atoms with E-state index in [0.717, 1.165) is 27.3 Å². The molecule has 4 aromatic rings. The molecule has 1 atom stereocenters. The van der Waals surface area contributed by atoms with Crippen LogP contribution in [-0.2, 0) is 9.53 Å². The van der Waals surface area contributed by atoms with E-state index in [2.05, 4.69) is 0 Å². The molecule has 1 aliphatic heterocycles. The third-order valence-corrected chi connectivity index (χ3v) is 8.00. The minimum atomic E-state index is -0.691. The molecule has 5 rings (SSSR count). The first kappa shape index (κ1) is 26.7. The second-order valence-corrected chi connectivity index (χ2v) is 10.6. The third-order valence-electron chi connectivity index (χ3n) is 6.27. The minimum absolute atomic E-state index is 0.211. The van der Waals surface area contributed by atoms with Crippen molar-refractivity contribution in [1.82, 2.24) is 4.57 Å². The molecule has 3 aromatic carbocycles. The molecule has 0 N–H and O–H groups in total. The van der Waals surface area contributed by atoms with E-state index in [1.165, 1.54) is 11.3 Å². The van der Waals surface area contributed by atoms with E-state index in [1.807, 2.05) is 98.1 Å². The second-order valence-electron chi connectivity index (χ2n) is 8.71. The van der Waals surface area contributed by atoms with Gasteiger partial charge in [-0.05, 0) is 61.6 Å². The molecule has 0 unspecified atom stereocenters. The van der Waals surface area contributed by atoms with Crippen LogP contribution in [0.25, 0.3) is 11.8 Å². The highest BCUT2D eigenvalue weighted by atomic mass is 32.2. The van der Waals surface area contributed by atoms with E-state index in [4.69, 9.17) is 14.5 Å². The van der Waals surface area contributed by atoms with Crippen LogP contribution in [0.3, 0.4) is 0 Å². The SMILES string of the molecule is CCOC(=O)C1=C(c2ccccc2)N=c2sc(=Cc3cccc(OCC)c3)c(=O)n2[C@H]1c1ccc(SC)cc1. The maximum absolute atomic E-state index is 14.0. The van der Waals surface area contributed by atoms with Gasteiger partial charge in [0.15, 0.2) is 4.80 Å². The highest BCUT2D eigenvalue weighted by Gasteiger charge is 2.35. The lowest BCUT2D eigenvalue weighted by molar-refractivity contribution is -0.138. The van der Waals surface area contributed by atoms with Gasteiger partial charge in [0.1, 0.15) is 5.75 Å². The first-order valence-electron chi connectivity index (χ1n) is 12.7. The van der Waals surface area contributed by atoms with Gasteiger partial charge < -0.3 is 9.47 Å². The van der Waals surface area contributed by atoms with Gasteiger partial charge in [0.05, 0.1) is 35.1 Å². The summed E-state index contributed by atoms with van der Waals surface area (Å²) >= 11 is 2.94. The van der Waals surface area contributed by atoms with Crippen LogP contribution >= 0.6 is 23.1 Å². The molecule has 6 nitrogen and oxygen atoms in total. The summed E-state index contributed by atoms with van der Waals surface area (Å²) in [5.74, 6) is 0.250. The van der Waals surface area contributed by atoms with Crippen LogP contribution in [-0.4, -0.2) is 30.0 Å². The zero-order valence-corrected chi connectivity index (χ0v) is 23.6. The standard InChI is InChI=1S/C31H28N2O4S2/c1-4-36-23-13-9-10-20(18-23)19-25-29(34)33-28(22-14-16-24(38-3)17-15-22)26(30(35)37-5-2)27(32-31(33)39-25)21-11-7-6-8-12-21/h6-19,28H,4-5H2,1-3H3/t28-/m0/s1. The number of rotatable bonds is 8. The Morgan fingerprint density at radius 1 is 1.03 bits per heavy atom. The van der Waals surface area contributed by atoms with Crippen molar-refractivity contribution in [2.24, 2.45) is 4.99 Å². The lowest BCUT2D eigenvalue weighted by atomic mass is 9.93. The summed E-state index contributed by atoms with van der Waals surface area (Å²) < 4.78 is 13.3. The van der Waals surface area contributed by atoms with Crippen LogP contribution in [0.1, 0.15) is 36.6 Å². The second kappa shape index (κ2) is 11.9. The number of ether oxygens (including phenoxy) is 2. The maximum atomic E-state index is 14.0. The van der Waals surface area contributed by atoms with Gasteiger partial charge in [0, 0.05) is 10.5 Å². The zero-order valence-electron chi connectivity index (χ0n) is 21.9. The van der Waals surface area contributed by atoms with Crippen LogP contribution in [0.2, 0.25) is 0 Å². The van der Waals surface area contributed by atoms with Crippen molar-refractivity contribution in [2.75, 3.05) is 19.5 Å². The summed E-state index contributed by atoms with van der Waals surface area (Å²) in [5.41, 5.74) is 3.09. The Labute approximate surface area is 235 Å². The number of carbonyl (C=O) groups excluding carboxylic acids is 1. The van der Waals surface area contributed by atoms with Gasteiger partial charge in [-0.15, -0.1) is 11.8 Å². The van der Waals surface area contributed by atoms with Crippen LogP contribution in [0.4, 0.5) is 0 Å². The number of hydrogen-bond donors (Lipinski definition) is 0. The fourth-order valence-electron chi connectivity index (χ4n) is 4.55. The number of aromatic nitrogens is 1. The zero-order chi connectivity index (χ0) is 27.4. The van der Waals surface area contributed by atoms with Gasteiger partial charge >= 0.3 is 5.97 Å². The van der Waals surface area contributed by atoms with Crippen molar-refractivity contribution in [2.45, 2.75) is 24.8 Å². The molecule has 198 valence electrons. The predicted molar refractivity (Wildman–Crippen MR) is 157 cm³/mol. The molecule has 0 spiro atoms. The van der Waals surface area contributed by atoms with Crippen LogP contribution in [0.5, 0.6) is 5.75 Å². The molecule has 8 heteroatoms. The fraction of sp³-hybridized carbons (Fsp3) is 0.194. The maximum Gasteiger partial charge on any atom is 0.338 e. The molecule has 39 heavy (non-hydrogen) atoms. The van der Waals surface area contributed by atoms with E-state index in [1.54, 1.807) is 23.3 Å². The average molecular weight is 557 g/mol. The Morgan fingerprint density at radius 3 is 2.49 bits per heavy atom. The van der Waals surface area contributed by atoms with Crippen LogP contribution in [0.15, 0.2) is 99.1 Å². The van der Waals surface area contributed by atoms with Crippen molar-refractivity contribution in [3.05, 3.63) is 121 Å². The highest BCUT2D eigenvalue weighted by molar-refractivity contribution is 7.98. The Bertz CT molecular complexity index is 1700. The Kier molecular flexibility index (Phi) is 8.14. The summed E-state index contributed by atoms with van der Waals surface area (Å²) in [6, 6.07) is 24.4. The number of thioether (sulfide) groups is 1. The monoisotopic (exact) mass is 556 g/mol. The van der Waals surface area contributed by atoms with E-state index in [9.17, 15) is 9.59 Å². The Balaban J connectivity index is 1.78. The Hall–Kier alpha value is -3.88. The van der Waals surface area contributed by atoms with E-state index < -0.39 is 12.0 Å². The summed E-state index contributed by atoms with van der Waals surface area (Å²) in [7, 11) is 0. The predicted octanol–water partition coefficient (Wildman–Crippen LogP) is 5.06. The molecular formula is C31H28N2O4S2. The number of carbonyl (C=O) groups is 1. The first-order valence-corrected chi connectivity index (χ1v) is 14.7. The van der Waals surface area contributed by atoms with E-state index in [0.29, 0.717) is 27.2 Å². The normalized spacial score (nSPS) is 15.1. The van der Waals surface area contributed by atoms with Gasteiger partial charge in [-0.1, -0.05) is 65.9 Å². The van der Waals surface area contributed by atoms with Gasteiger partial charge in [-0.2, -0.15) is 0 Å². The smallest absolute Gasteiger partial charge is 0.338 e. The summed E-state index contributed by atoms with van der Waals surface area (Å²) in [5, 5.41) is 0. The van der Waals surface area contributed by atoms with Gasteiger partial charge in [-0.25, -0.2) is 9.79 Å². The lowest BCUT2D eigenvalue weighted by Crippen LogP contribution is -2.40. The molecule has 0 saturated carbocycles. The van der Waals surface area contributed by atoms with Crippen molar-refractivity contribution in [1.29, 1.82) is 0 Å². The molecule has 0 aliphatic carbocycles. The summed E-state index contributed by atoms with van der Waals surface area (Å²) in [6.45, 7) is 4.47. The molecule has 0 amide bonds. The summed E-state index contributed by atoms with van der Waals surface area (Å²) in [4.78, 5) is 34.0. The summed E-state index contributed by atoms with van der Waals surface area (Å²) in [6.07, 6.45) is 3.85. The molecule has 2 heterocycles. The van der Waals surface area contributed by atoms with Crippen molar-refractivity contribution >= 4 is 40.8 Å². The average Bonchev–Trinajstić information content (AvgIpc) is 3.27. The molecule has 1 aromatic heterocycles. The quantitative estimate of drug-likeness (QED) is 0.224. The number of nitrogens with zero attached hydrogens (tertiary/aromatic N) is 2. The topological polar surface area (TPSA) is 69.9 Å². The van der Waals surface area contributed by atoms with Crippen LogP contribution in [0, 0.1) is 0 Å². The van der Waals surface area contributed by atoms with Gasteiger partial charge in [-0.3, -0.25) is 9.36 Å². The fourth-order valence-corrected chi connectivity index (χ4v) is 5.96. The van der Waals surface area contributed by atoms with Crippen molar-refractivity contribution in [3.63, 3.8) is 0 Å². The first-order chi connectivity index (χ1) is 19.0. The molecular weight excluding hydrogens is 528 g/mol. The van der Waals surface area contributed by atoms with Gasteiger partial charge in [0.2, 0.25) is 0 Å². The van der Waals surface area contributed by atoms with Gasteiger partial charge in [0.25, 0.3) is 5.56 Å². The third kappa shape index (κ3) is 5.48. The van der Waals surface area contributed by atoms with Crippen molar-refractivity contribution < 1.29 is 14.3 Å². The minimum Gasteiger partial charge on any atom is -0.494 e. The van der Waals surface area contributed by atoms with E-state index >= 15 is 0 Å². The molecule has 1 aliphatic rings. The number of benzene rings is 3. The molecule has 0 bridgehead atoms. The number of hydrogen-bond acceptors (Lipinski definition) is 7. The molecule has 0 saturated heterocycles. The van der Waals surface area contributed by atoms with E-state index in [-0.39, 0.29) is 12.2 Å². The van der Waals surface area contributed by atoms with Crippen LogP contribution < -0.4 is 19.6 Å².